The molecule has 0 radical (unpaired) electrons. The van der Waals surface area contributed by atoms with E-state index >= 15 is 0 Å². The van der Waals surface area contributed by atoms with Gasteiger partial charge in [-0.15, -0.1) is 11.3 Å². The molecule has 0 atom stereocenters. The summed E-state index contributed by atoms with van der Waals surface area (Å²) in [5.41, 5.74) is 0.560. The molecule has 0 aliphatic carbocycles. The van der Waals surface area contributed by atoms with Crippen LogP contribution in [0.5, 0.6) is 0 Å². The SMILES string of the molecule is Cc1nc(C(=O)c2cncc(F)c2)cs1. The van der Waals surface area contributed by atoms with E-state index in [-0.39, 0.29) is 11.3 Å². The number of carbonyl (C=O) groups is 1. The van der Waals surface area contributed by atoms with Crippen molar-refractivity contribution in [3.8, 4) is 0 Å². The minimum atomic E-state index is -0.521. The summed E-state index contributed by atoms with van der Waals surface area (Å²) in [7, 11) is 0. The Hall–Kier alpha value is -1.62. The van der Waals surface area contributed by atoms with Gasteiger partial charge < -0.3 is 0 Å². The molecule has 0 saturated heterocycles. The summed E-state index contributed by atoms with van der Waals surface area (Å²) in [5, 5.41) is 2.46. The monoisotopic (exact) mass is 222 g/mol. The number of halogens is 1. The van der Waals surface area contributed by atoms with Crippen LogP contribution in [-0.2, 0) is 0 Å². The molecule has 2 heterocycles. The highest BCUT2D eigenvalue weighted by Gasteiger charge is 2.12. The molecule has 5 heteroatoms. The first-order chi connectivity index (χ1) is 7.16. The number of nitrogens with zero attached hydrogens (tertiary/aromatic N) is 2. The van der Waals surface area contributed by atoms with Crippen molar-refractivity contribution in [2.75, 3.05) is 0 Å². The lowest BCUT2D eigenvalue weighted by atomic mass is 10.1. The Morgan fingerprint density at radius 3 is 2.87 bits per heavy atom. The van der Waals surface area contributed by atoms with Crippen LogP contribution >= 0.6 is 11.3 Å². The zero-order chi connectivity index (χ0) is 10.8. The van der Waals surface area contributed by atoms with Gasteiger partial charge in [0.25, 0.3) is 0 Å². The van der Waals surface area contributed by atoms with E-state index in [4.69, 9.17) is 0 Å². The third-order valence-corrected chi connectivity index (χ3v) is 2.59. The number of aryl methyl sites for hydroxylation is 1. The van der Waals surface area contributed by atoms with Crippen LogP contribution in [0.25, 0.3) is 0 Å². The molecule has 0 bridgehead atoms. The summed E-state index contributed by atoms with van der Waals surface area (Å²) in [6.45, 7) is 1.81. The second kappa shape index (κ2) is 3.86. The largest absolute Gasteiger partial charge is 0.287 e. The van der Waals surface area contributed by atoms with Crippen molar-refractivity contribution in [2.24, 2.45) is 0 Å². The highest BCUT2D eigenvalue weighted by molar-refractivity contribution is 7.09. The third kappa shape index (κ3) is 2.07. The van der Waals surface area contributed by atoms with Crippen LogP contribution in [0.15, 0.2) is 23.8 Å². The van der Waals surface area contributed by atoms with E-state index in [2.05, 4.69) is 9.97 Å². The summed E-state index contributed by atoms with van der Waals surface area (Å²) in [4.78, 5) is 19.4. The van der Waals surface area contributed by atoms with Gasteiger partial charge in [0.05, 0.1) is 11.2 Å². The fourth-order valence-corrected chi connectivity index (χ4v) is 1.74. The Labute approximate surface area is 89.6 Å². The predicted molar refractivity (Wildman–Crippen MR) is 54.5 cm³/mol. The van der Waals surface area contributed by atoms with Crippen LogP contribution in [0.3, 0.4) is 0 Å². The van der Waals surface area contributed by atoms with E-state index in [0.29, 0.717) is 5.69 Å². The summed E-state index contributed by atoms with van der Waals surface area (Å²) < 4.78 is 12.8. The molecule has 0 saturated carbocycles. The van der Waals surface area contributed by atoms with Crippen LogP contribution in [0, 0.1) is 12.7 Å². The zero-order valence-electron chi connectivity index (χ0n) is 7.90. The van der Waals surface area contributed by atoms with Crippen LogP contribution in [0.1, 0.15) is 21.1 Å². The van der Waals surface area contributed by atoms with Crippen molar-refractivity contribution in [1.82, 2.24) is 9.97 Å². The van der Waals surface area contributed by atoms with E-state index in [1.807, 2.05) is 6.92 Å². The first-order valence-electron chi connectivity index (χ1n) is 4.24. The van der Waals surface area contributed by atoms with Crippen molar-refractivity contribution in [2.45, 2.75) is 6.92 Å². The molecule has 0 aromatic carbocycles. The van der Waals surface area contributed by atoms with Gasteiger partial charge in [-0.1, -0.05) is 0 Å². The number of hydrogen-bond acceptors (Lipinski definition) is 4. The number of aromatic nitrogens is 2. The van der Waals surface area contributed by atoms with Gasteiger partial charge in [0, 0.05) is 17.1 Å². The topological polar surface area (TPSA) is 42.9 Å². The lowest BCUT2D eigenvalue weighted by Crippen LogP contribution is -2.02. The molecule has 2 rings (SSSR count). The van der Waals surface area contributed by atoms with Gasteiger partial charge in [0.15, 0.2) is 0 Å². The second-order valence-electron chi connectivity index (χ2n) is 2.97. The minimum absolute atomic E-state index is 0.223. The molecule has 2 aromatic rings. The Morgan fingerprint density at radius 1 is 1.47 bits per heavy atom. The Kier molecular flexibility index (Phi) is 2.55. The Balaban J connectivity index is 2.36. The number of pyridine rings is 1. The summed E-state index contributed by atoms with van der Waals surface area (Å²) in [6.07, 6.45) is 2.39. The van der Waals surface area contributed by atoms with Crippen molar-refractivity contribution >= 4 is 17.1 Å². The van der Waals surface area contributed by atoms with Crippen LogP contribution in [0.2, 0.25) is 0 Å². The molecule has 0 aliphatic heterocycles. The Morgan fingerprint density at radius 2 is 2.27 bits per heavy atom. The first-order valence-corrected chi connectivity index (χ1v) is 5.12. The molecular weight excluding hydrogens is 215 g/mol. The summed E-state index contributed by atoms with van der Waals surface area (Å²) >= 11 is 1.39. The summed E-state index contributed by atoms with van der Waals surface area (Å²) in [6, 6.07) is 1.16. The average Bonchev–Trinajstić information content (AvgIpc) is 2.64. The van der Waals surface area contributed by atoms with Crippen molar-refractivity contribution in [1.29, 1.82) is 0 Å². The fourth-order valence-electron chi connectivity index (χ4n) is 1.15. The van der Waals surface area contributed by atoms with Crippen molar-refractivity contribution in [3.05, 3.63) is 45.9 Å². The zero-order valence-corrected chi connectivity index (χ0v) is 8.71. The van der Waals surface area contributed by atoms with Crippen molar-refractivity contribution in [3.63, 3.8) is 0 Å². The normalized spacial score (nSPS) is 10.3. The predicted octanol–water partition coefficient (Wildman–Crippen LogP) is 2.22. The van der Waals surface area contributed by atoms with Gasteiger partial charge in [0.1, 0.15) is 11.5 Å². The molecule has 3 nitrogen and oxygen atoms in total. The van der Waals surface area contributed by atoms with E-state index < -0.39 is 5.82 Å². The van der Waals surface area contributed by atoms with Gasteiger partial charge >= 0.3 is 0 Å². The van der Waals surface area contributed by atoms with E-state index in [1.54, 1.807) is 5.38 Å². The van der Waals surface area contributed by atoms with Gasteiger partial charge in [0.2, 0.25) is 5.78 Å². The van der Waals surface area contributed by atoms with Crippen molar-refractivity contribution < 1.29 is 9.18 Å². The standard InChI is InChI=1S/C10H7FN2OS/c1-6-13-9(5-15-6)10(14)7-2-8(11)4-12-3-7/h2-5H,1H3. The molecule has 76 valence electrons. The van der Waals surface area contributed by atoms with Crippen LogP contribution < -0.4 is 0 Å². The third-order valence-electron chi connectivity index (χ3n) is 1.82. The lowest BCUT2D eigenvalue weighted by Gasteiger charge is -1.96. The van der Waals surface area contributed by atoms with E-state index in [9.17, 15) is 9.18 Å². The highest BCUT2D eigenvalue weighted by Crippen LogP contribution is 2.13. The van der Waals surface area contributed by atoms with Gasteiger partial charge in [-0.2, -0.15) is 0 Å². The molecule has 0 aliphatic rings. The maximum Gasteiger partial charge on any atom is 0.213 e. The van der Waals surface area contributed by atoms with E-state index in [1.165, 1.54) is 17.5 Å². The Bertz CT molecular complexity index is 510. The molecule has 0 amide bonds. The van der Waals surface area contributed by atoms with E-state index in [0.717, 1.165) is 17.3 Å². The number of thiazole rings is 1. The van der Waals surface area contributed by atoms with Gasteiger partial charge in [-0.05, 0) is 13.0 Å². The van der Waals surface area contributed by atoms with Crippen LogP contribution in [0.4, 0.5) is 4.39 Å². The average molecular weight is 222 g/mol. The smallest absolute Gasteiger partial charge is 0.213 e. The van der Waals surface area contributed by atoms with Crippen LogP contribution in [-0.4, -0.2) is 15.8 Å². The number of hydrogen-bond donors (Lipinski definition) is 0. The lowest BCUT2D eigenvalue weighted by molar-refractivity contribution is 0.103. The summed E-state index contributed by atoms with van der Waals surface area (Å²) in [5.74, 6) is -0.820. The molecule has 0 fully saturated rings. The first kappa shape index (κ1) is 9.92. The maximum absolute atomic E-state index is 12.8. The molecule has 2 aromatic heterocycles. The highest BCUT2D eigenvalue weighted by atomic mass is 32.1. The number of rotatable bonds is 2. The molecule has 15 heavy (non-hydrogen) atoms. The molecular formula is C10H7FN2OS. The van der Waals surface area contributed by atoms with Gasteiger partial charge in [-0.3, -0.25) is 9.78 Å². The second-order valence-corrected chi connectivity index (χ2v) is 4.03. The molecule has 0 unspecified atom stereocenters. The number of carbonyl (C=O) groups excluding carboxylic acids is 1. The maximum atomic E-state index is 12.8. The molecule has 0 spiro atoms. The molecule has 0 N–H and O–H groups in total. The quantitative estimate of drug-likeness (QED) is 0.732. The van der Waals surface area contributed by atoms with Gasteiger partial charge in [-0.25, -0.2) is 9.37 Å². The fraction of sp³-hybridized carbons (Fsp3) is 0.100. The number of ketones is 1. The minimum Gasteiger partial charge on any atom is -0.287 e.